The molecule has 0 saturated carbocycles. The van der Waals surface area contributed by atoms with Gasteiger partial charge in [-0.3, -0.25) is 0 Å². The molecule has 0 fully saturated rings. The van der Waals surface area contributed by atoms with Gasteiger partial charge in [0, 0.05) is 21.1 Å². The summed E-state index contributed by atoms with van der Waals surface area (Å²) in [5.41, 5.74) is 0. The van der Waals surface area contributed by atoms with Crippen LogP contribution in [0.2, 0.25) is 26.4 Å². The molecule has 0 rings (SSSR count). The predicted octanol–water partition coefficient (Wildman–Crippen LogP) is 8.32. The minimum atomic E-state index is -1.72. The average molecular weight is 815 g/mol. The average Bonchev–Trinajstić information content (AvgIpc) is 2.50. The molecule has 0 atom stereocenters. The topological polar surface area (TPSA) is 0 Å². The van der Waals surface area contributed by atoms with Crippen molar-refractivity contribution in [2.45, 2.75) is 114 Å². The Hall–Kier alpha value is 3.66. The summed E-state index contributed by atoms with van der Waals surface area (Å²) in [7, 11) is 0. The second-order valence-corrected chi connectivity index (χ2v) is 16.5. The molecule has 0 aromatic heterocycles. The number of hydrogen-bond donors (Lipinski definition) is 0. The third-order valence-electron chi connectivity index (χ3n) is 0.577. The molecule has 0 nitrogen and oxygen atoms in total. The number of halogens is 3. The molecule has 0 saturated heterocycles. The van der Waals surface area contributed by atoms with Crippen molar-refractivity contribution < 1.29 is 21.1 Å². The fraction of sp³-hybridized carbons (Fsp3) is 0.739. The number of allylic oxidation sites excluding steroid dienone is 3. The van der Waals surface area contributed by atoms with Gasteiger partial charge in [-0.15, -0.1) is 81.0 Å². The SMILES string of the molecule is C.C.C.C.C.C.C.C.C=CC.C=C[CH2][AlH2].C=C[CH2][AlH2].C[CH2][AlH2].C[CH2][AlH2].C[CH2][AlH2].Cl[SiH](Cl)Cl.[Pt]. The van der Waals surface area contributed by atoms with E-state index in [9.17, 15) is 0 Å². The van der Waals surface area contributed by atoms with Crippen LogP contribution in [0.25, 0.3) is 0 Å². The first-order valence-corrected chi connectivity index (χ1v) is 21.2. The monoisotopic (exact) mass is 813 g/mol. The molecule has 33 heavy (non-hydrogen) atoms. The molecular formula is C23H74Al5Cl3PtSi. The Balaban J connectivity index is -0.00000000701. The molecule has 0 amide bonds. The molecule has 0 aromatic carbocycles. The second-order valence-electron chi connectivity index (χ2n) is 4.17. The maximum Gasteiger partial charge on any atom is 0.326 e. The summed E-state index contributed by atoms with van der Waals surface area (Å²) in [6, 6.07) is 0. The third kappa shape index (κ3) is 1260. The summed E-state index contributed by atoms with van der Waals surface area (Å²) in [5, 5.41) is 6.61. The van der Waals surface area contributed by atoms with E-state index in [1.54, 1.807) is 6.08 Å². The van der Waals surface area contributed by atoms with Crippen molar-refractivity contribution in [3.05, 3.63) is 38.0 Å². The fourth-order valence-corrected chi connectivity index (χ4v) is 0. The molecule has 0 bridgehead atoms. The maximum atomic E-state index is 4.94. The van der Waals surface area contributed by atoms with E-state index in [0.29, 0.717) is 0 Å². The van der Waals surface area contributed by atoms with Crippen LogP contribution in [0, 0.1) is 0 Å². The van der Waals surface area contributed by atoms with Gasteiger partial charge in [-0.1, -0.05) is 96.8 Å². The van der Waals surface area contributed by atoms with Gasteiger partial charge in [0.2, 0.25) is 81.5 Å². The largest absolute Gasteiger partial charge is 0.326 e. The van der Waals surface area contributed by atoms with E-state index in [-0.39, 0.29) is 80.5 Å². The fourth-order valence-electron chi connectivity index (χ4n) is 0. The predicted molar refractivity (Wildman–Crippen MR) is 199 cm³/mol. The van der Waals surface area contributed by atoms with Gasteiger partial charge in [-0.2, -0.15) is 0 Å². The van der Waals surface area contributed by atoms with E-state index < -0.39 is 6.73 Å². The van der Waals surface area contributed by atoms with E-state index in [0.717, 1.165) is 0 Å². The summed E-state index contributed by atoms with van der Waals surface area (Å²) in [6.07, 6.45) is 5.62. The Morgan fingerprint density at radius 2 is 0.606 bits per heavy atom. The van der Waals surface area contributed by atoms with E-state index in [1.165, 1.54) is 108 Å². The van der Waals surface area contributed by atoms with E-state index in [2.05, 4.69) is 40.5 Å². The molecule has 0 spiro atoms. The van der Waals surface area contributed by atoms with Gasteiger partial charge < -0.3 is 0 Å². The second kappa shape index (κ2) is 199. The van der Waals surface area contributed by atoms with Crippen molar-refractivity contribution in [3.8, 4) is 0 Å². The normalized spacial score (nSPS) is 4.48. The summed E-state index contributed by atoms with van der Waals surface area (Å²) in [5.74, 6) is 0. The standard InChI is InChI=1S/C3H6.2C3H5.3C2H5.8CH4.5Al.Cl3HSi.Pt.10H/c3*1-3-2;3*1-2;;;;;;;;;;;;;;1-4(2)3;;;;;;;;;;;/h3H,1H2,2H3;2*3H,1-2H2;3*1H2,2H3;8*1H4;;;;;;4H;;;;;;;;;;;. The van der Waals surface area contributed by atoms with Gasteiger partial charge in [0.1, 0.15) is 0 Å². The van der Waals surface area contributed by atoms with Crippen LogP contribution in [0.1, 0.15) is 87.1 Å². The van der Waals surface area contributed by atoms with Crippen LogP contribution in [-0.4, -0.2) is 88.2 Å². The van der Waals surface area contributed by atoms with Gasteiger partial charge in [0.15, 0.2) is 0 Å². The van der Waals surface area contributed by atoms with Gasteiger partial charge >= 0.3 is 6.73 Å². The molecule has 0 unspecified atom stereocenters. The van der Waals surface area contributed by atoms with Gasteiger partial charge in [-0.05, 0) is 6.92 Å². The Kier molecular flexibility index (Phi) is 660. The molecule has 0 aromatic rings. The van der Waals surface area contributed by atoms with Crippen molar-refractivity contribution in [2.24, 2.45) is 0 Å². The first-order chi connectivity index (χ1) is 11.2. The van der Waals surface area contributed by atoms with Crippen LogP contribution in [-0.2, 0) is 21.1 Å². The summed E-state index contributed by atoms with van der Waals surface area (Å²) in [6.45, 7) is 17.1. The number of rotatable bonds is 2. The quantitative estimate of drug-likeness (QED) is 0.150. The van der Waals surface area contributed by atoms with Crippen molar-refractivity contribution in [1.29, 1.82) is 0 Å². The minimum Gasteiger partial charge on any atom is -0.130 e. The van der Waals surface area contributed by atoms with E-state index in [4.69, 9.17) is 33.2 Å². The molecule has 10 heteroatoms. The van der Waals surface area contributed by atoms with E-state index >= 15 is 0 Å². The zero-order valence-electron chi connectivity index (χ0n) is 18.4. The molecule has 0 aliphatic carbocycles. The summed E-state index contributed by atoms with van der Waals surface area (Å²) >= 11 is 21.5. The van der Waals surface area contributed by atoms with Crippen LogP contribution in [0.4, 0.5) is 0 Å². The zero-order chi connectivity index (χ0) is 21.2. The van der Waals surface area contributed by atoms with Crippen molar-refractivity contribution >= 4 is 121 Å². The van der Waals surface area contributed by atoms with Crippen LogP contribution < -0.4 is 0 Å². The first-order valence-electron chi connectivity index (χ1n) is 8.93. The summed E-state index contributed by atoms with van der Waals surface area (Å²) < 4.78 is 0. The van der Waals surface area contributed by atoms with Crippen LogP contribution in [0.5, 0.6) is 0 Å². The molecule has 0 heterocycles. The number of hydrogen-bond acceptors (Lipinski definition) is 0. The Labute approximate surface area is 290 Å². The van der Waals surface area contributed by atoms with Crippen molar-refractivity contribution in [1.82, 2.24) is 0 Å². The van der Waals surface area contributed by atoms with Crippen LogP contribution in [0.15, 0.2) is 38.0 Å². The van der Waals surface area contributed by atoms with Gasteiger partial charge in [0.05, 0.1) is 0 Å². The molecule has 0 aliphatic rings. The van der Waals surface area contributed by atoms with E-state index in [1.807, 2.05) is 19.1 Å². The molecule has 0 radical (unpaired) electrons. The Bertz CT molecular complexity index is 162. The van der Waals surface area contributed by atoms with Gasteiger partial charge in [0.25, 0.3) is 0 Å². The molecule has 216 valence electrons. The van der Waals surface area contributed by atoms with Gasteiger partial charge in [-0.25, -0.2) is 0 Å². The van der Waals surface area contributed by atoms with Crippen LogP contribution in [0.3, 0.4) is 0 Å². The zero-order valence-corrected chi connectivity index (χ0v) is 34.1. The van der Waals surface area contributed by atoms with Crippen LogP contribution >= 0.6 is 33.2 Å². The minimum absolute atomic E-state index is 0. The maximum absolute atomic E-state index is 4.94. The van der Waals surface area contributed by atoms with Crippen molar-refractivity contribution in [2.75, 3.05) is 0 Å². The Morgan fingerprint density at radius 1 is 0.576 bits per heavy atom. The smallest absolute Gasteiger partial charge is 0.130 e. The first kappa shape index (κ1) is 109. The Morgan fingerprint density at radius 3 is 0.606 bits per heavy atom. The third-order valence-corrected chi connectivity index (χ3v) is 1.73. The molecule has 0 aliphatic heterocycles. The molecular weight excluding hydrogens is 741 g/mol. The summed E-state index contributed by atoms with van der Waals surface area (Å²) in [4.78, 5) is 0. The molecule has 0 N–H and O–H groups in total. The van der Waals surface area contributed by atoms with Crippen molar-refractivity contribution in [3.63, 3.8) is 0 Å².